The Bertz CT molecular complexity index is 1430. The van der Waals surface area contributed by atoms with E-state index in [9.17, 15) is 9.90 Å². The number of nitrogens with one attached hydrogen (secondary N) is 1. The molecule has 5 rings (SSSR count). The number of tetrazole rings is 1. The number of pyridine rings is 1. The predicted octanol–water partition coefficient (Wildman–Crippen LogP) is 4.68. The van der Waals surface area contributed by atoms with Gasteiger partial charge in [-0.25, -0.2) is 4.79 Å². The van der Waals surface area contributed by atoms with Crippen molar-refractivity contribution in [2.45, 2.75) is 13.3 Å². The van der Waals surface area contributed by atoms with Gasteiger partial charge in [-0.2, -0.15) is 5.21 Å². The molecule has 0 unspecified atom stereocenters. The Kier molecular flexibility index (Phi) is 4.91. The van der Waals surface area contributed by atoms with Gasteiger partial charge in [0.05, 0.1) is 11.1 Å². The summed E-state index contributed by atoms with van der Waals surface area (Å²) in [5.41, 5.74) is 6.51. The van der Waals surface area contributed by atoms with E-state index in [0.29, 0.717) is 34.3 Å². The lowest BCUT2D eigenvalue weighted by Crippen LogP contribution is -2.06. The van der Waals surface area contributed by atoms with Crippen LogP contribution >= 0.6 is 0 Å². The zero-order valence-corrected chi connectivity index (χ0v) is 17.3. The van der Waals surface area contributed by atoms with E-state index in [1.165, 1.54) is 0 Å². The molecule has 2 aromatic heterocycles. The molecule has 32 heavy (non-hydrogen) atoms. The monoisotopic (exact) mass is 421 g/mol. The van der Waals surface area contributed by atoms with Gasteiger partial charge in [0.15, 0.2) is 0 Å². The topological polar surface area (TPSA) is 105 Å². The molecule has 0 aliphatic carbocycles. The summed E-state index contributed by atoms with van der Waals surface area (Å²) in [6, 6.07) is 21.6. The van der Waals surface area contributed by atoms with Crippen LogP contribution in [0.15, 0.2) is 72.9 Å². The second-order valence-electron chi connectivity index (χ2n) is 7.59. The highest BCUT2D eigenvalue weighted by Gasteiger charge is 2.17. The molecule has 0 amide bonds. The van der Waals surface area contributed by atoms with Crippen LogP contribution in [0.1, 0.15) is 27.0 Å². The van der Waals surface area contributed by atoms with Crippen molar-refractivity contribution in [1.82, 2.24) is 25.6 Å². The van der Waals surface area contributed by atoms with Crippen LogP contribution in [-0.4, -0.2) is 36.7 Å². The minimum Gasteiger partial charge on any atom is -0.478 e. The van der Waals surface area contributed by atoms with E-state index in [1.807, 2.05) is 73.7 Å². The van der Waals surface area contributed by atoms with Gasteiger partial charge in [0.1, 0.15) is 0 Å². The van der Waals surface area contributed by atoms with Gasteiger partial charge in [-0.1, -0.05) is 60.7 Å². The lowest BCUT2D eigenvalue weighted by Gasteiger charge is -2.12. The van der Waals surface area contributed by atoms with Crippen LogP contribution in [0.5, 0.6) is 0 Å². The Morgan fingerprint density at radius 1 is 0.969 bits per heavy atom. The van der Waals surface area contributed by atoms with E-state index < -0.39 is 5.97 Å². The van der Waals surface area contributed by atoms with Crippen molar-refractivity contribution in [3.63, 3.8) is 0 Å². The standard InChI is InChI=1S/C25H19N5O2/c1-15-5-4-8-21-22(15)23(25(31)32)18(14-26-21)13-16-9-11-17(12-10-16)19-6-2-3-7-20(19)24-27-29-30-28-24/h2-12,14H,13H2,1H3,(H,31,32)(H,27,28,29,30). The fourth-order valence-electron chi connectivity index (χ4n) is 4.06. The van der Waals surface area contributed by atoms with Crippen LogP contribution in [0.3, 0.4) is 0 Å². The second kappa shape index (κ2) is 8.03. The van der Waals surface area contributed by atoms with Crippen LogP contribution in [0.25, 0.3) is 33.4 Å². The molecule has 0 saturated carbocycles. The number of aryl methyl sites for hydroxylation is 1. The summed E-state index contributed by atoms with van der Waals surface area (Å²) in [5, 5.41) is 25.0. The smallest absolute Gasteiger partial charge is 0.336 e. The van der Waals surface area contributed by atoms with Gasteiger partial charge in [-0.05, 0) is 52.4 Å². The quantitative estimate of drug-likeness (QED) is 0.427. The fraction of sp³-hybridized carbons (Fsp3) is 0.0800. The zero-order valence-electron chi connectivity index (χ0n) is 17.3. The maximum absolute atomic E-state index is 12.1. The van der Waals surface area contributed by atoms with E-state index in [-0.39, 0.29) is 0 Å². The Labute approximate surface area is 183 Å². The number of carboxylic acids is 1. The first-order valence-electron chi connectivity index (χ1n) is 10.1. The van der Waals surface area contributed by atoms with Crippen LogP contribution < -0.4 is 0 Å². The molecule has 7 heteroatoms. The third-order valence-corrected chi connectivity index (χ3v) is 5.57. The molecule has 0 radical (unpaired) electrons. The molecule has 0 saturated heterocycles. The summed E-state index contributed by atoms with van der Waals surface area (Å²) in [5.74, 6) is -0.402. The molecular weight excluding hydrogens is 402 g/mol. The summed E-state index contributed by atoms with van der Waals surface area (Å²) in [6.45, 7) is 1.91. The highest BCUT2D eigenvalue weighted by atomic mass is 16.4. The number of hydrogen-bond donors (Lipinski definition) is 2. The number of rotatable bonds is 5. The highest BCUT2D eigenvalue weighted by molar-refractivity contribution is 6.05. The lowest BCUT2D eigenvalue weighted by atomic mass is 9.94. The van der Waals surface area contributed by atoms with Crippen LogP contribution in [-0.2, 0) is 6.42 Å². The predicted molar refractivity (Wildman–Crippen MR) is 121 cm³/mol. The van der Waals surface area contributed by atoms with E-state index in [0.717, 1.165) is 27.8 Å². The number of aromatic amines is 1. The largest absolute Gasteiger partial charge is 0.478 e. The van der Waals surface area contributed by atoms with Gasteiger partial charge >= 0.3 is 5.97 Å². The number of aromatic nitrogens is 5. The number of fused-ring (bicyclic) bond motifs is 1. The molecule has 0 atom stereocenters. The van der Waals surface area contributed by atoms with Gasteiger partial charge in [-0.15, -0.1) is 10.2 Å². The fourth-order valence-corrected chi connectivity index (χ4v) is 4.06. The number of H-pyrrole nitrogens is 1. The van der Waals surface area contributed by atoms with E-state index in [4.69, 9.17) is 0 Å². The lowest BCUT2D eigenvalue weighted by molar-refractivity contribution is 0.0698. The normalized spacial score (nSPS) is 11.0. The average molecular weight is 421 g/mol. The van der Waals surface area contributed by atoms with Crippen molar-refractivity contribution >= 4 is 16.9 Å². The molecule has 0 bridgehead atoms. The molecule has 0 aliphatic rings. The maximum atomic E-state index is 12.1. The number of nitrogens with zero attached hydrogens (tertiary/aromatic N) is 4. The summed E-state index contributed by atoms with van der Waals surface area (Å²) in [6.07, 6.45) is 2.15. The summed E-state index contributed by atoms with van der Waals surface area (Å²) >= 11 is 0. The SMILES string of the molecule is Cc1cccc2ncc(Cc3ccc(-c4ccccc4-c4nn[nH]n4)cc3)c(C(=O)O)c12. The molecule has 2 N–H and O–H groups in total. The van der Waals surface area contributed by atoms with Crippen molar-refractivity contribution in [2.75, 3.05) is 0 Å². The Balaban J connectivity index is 1.51. The van der Waals surface area contributed by atoms with Gasteiger partial charge < -0.3 is 5.11 Å². The molecule has 0 spiro atoms. The highest BCUT2D eigenvalue weighted by Crippen LogP contribution is 2.31. The summed E-state index contributed by atoms with van der Waals surface area (Å²) < 4.78 is 0. The first-order chi connectivity index (χ1) is 15.6. The Hall–Kier alpha value is -4.39. The van der Waals surface area contributed by atoms with Crippen LogP contribution in [0.4, 0.5) is 0 Å². The molecule has 2 heterocycles. The molecule has 3 aromatic carbocycles. The minimum atomic E-state index is -0.938. The van der Waals surface area contributed by atoms with Gasteiger partial charge in [0.2, 0.25) is 5.82 Å². The van der Waals surface area contributed by atoms with E-state index in [2.05, 4.69) is 25.6 Å². The summed E-state index contributed by atoms with van der Waals surface area (Å²) in [7, 11) is 0. The van der Waals surface area contributed by atoms with E-state index >= 15 is 0 Å². The van der Waals surface area contributed by atoms with Crippen LogP contribution in [0, 0.1) is 6.92 Å². The molecule has 7 nitrogen and oxygen atoms in total. The van der Waals surface area contributed by atoms with Crippen LogP contribution in [0.2, 0.25) is 0 Å². The maximum Gasteiger partial charge on any atom is 0.336 e. The molecule has 5 aromatic rings. The zero-order chi connectivity index (χ0) is 22.1. The molecule has 156 valence electrons. The second-order valence-corrected chi connectivity index (χ2v) is 7.59. The van der Waals surface area contributed by atoms with Gasteiger partial charge in [0, 0.05) is 17.1 Å². The van der Waals surface area contributed by atoms with Crippen molar-refractivity contribution in [1.29, 1.82) is 0 Å². The summed E-state index contributed by atoms with van der Waals surface area (Å²) in [4.78, 5) is 16.6. The molecule has 0 aliphatic heterocycles. The average Bonchev–Trinajstić information content (AvgIpc) is 3.35. The number of carbonyl (C=O) groups is 1. The minimum absolute atomic E-state index is 0.319. The number of hydrogen-bond acceptors (Lipinski definition) is 5. The number of aromatic carboxylic acids is 1. The van der Waals surface area contributed by atoms with Crippen molar-refractivity contribution in [3.8, 4) is 22.5 Å². The Morgan fingerprint density at radius 3 is 2.47 bits per heavy atom. The first-order valence-corrected chi connectivity index (χ1v) is 10.1. The third kappa shape index (κ3) is 3.50. The molecular formula is C25H19N5O2. The number of carboxylic acid groups (broad SMARTS) is 1. The number of benzene rings is 3. The first kappa shape index (κ1) is 19.6. The van der Waals surface area contributed by atoms with Crippen molar-refractivity contribution in [3.05, 3.63) is 95.2 Å². The van der Waals surface area contributed by atoms with E-state index in [1.54, 1.807) is 6.20 Å². The van der Waals surface area contributed by atoms with Crippen molar-refractivity contribution < 1.29 is 9.90 Å². The third-order valence-electron chi connectivity index (χ3n) is 5.57. The molecule has 0 fully saturated rings. The Morgan fingerprint density at radius 2 is 1.75 bits per heavy atom. The van der Waals surface area contributed by atoms with Crippen molar-refractivity contribution in [2.24, 2.45) is 0 Å². The van der Waals surface area contributed by atoms with Gasteiger partial charge in [0.25, 0.3) is 0 Å². The van der Waals surface area contributed by atoms with Gasteiger partial charge in [-0.3, -0.25) is 4.98 Å².